The van der Waals surface area contributed by atoms with E-state index < -0.39 is 17.6 Å². The minimum Gasteiger partial charge on any atom is -0.369 e. The molecule has 2 aromatic carbocycles. The van der Waals surface area contributed by atoms with E-state index in [1.807, 2.05) is 37.9 Å². The molecule has 0 radical (unpaired) electrons. The van der Waals surface area contributed by atoms with E-state index in [1.165, 1.54) is 0 Å². The highest BCUT2D eigenvalue weighted by molar-refractivity contribution is 6.05. The number of nitrogens with zero attached hydrogens (tertiary/aromatic N) is 8. The monoisotopic (exact) mass is 615 g/mol. The molecule has 0 bridgehead atoms. The number of nitrogens with one attached hydrogen (secondary N) is 1. The third-order valence-electron chi connectivity index (χ3n) is 8.12. The van der Waals surface area contributed by atoms with Crippen molar-refractivity contribution in [3.63, 3.8) is 0 Å². The van der Waals surface area contributed by atoms with Crippen LogP contribution in [-0.4, -0.2) is 66.7 Å². The van der Waals surface area contributed by atoms with Gasteiger partial charge in [-0.15, -0.1) is 5.10 Å². The first-order valence-corrected chi connectivity index (χ1v) is 14.5. The zero-order valence-electron chi connectivity index (χ0n) is 25.1. The fourth-order valence-electron chi connectivity index (χ4n) is 5.40. The second-order valence-corrected chi connectivity index (χ2v) is 11.2. The molecule has 13 heteroatoms. The zero-order chi connectivity index (χ0) is 31.7. The maximum Gasteiger partial charge on any atom is 0.416 e. The van der Waals surface area contributed by atoms with Crippen molar-refractivity contribution < 1.29 is 18.0 Å². The maximum absolute atomic E-state index is 14.0. The number of rotatable bonds is 7. The normalized spacial score (nSPS) is 14.1. The van der Waals surface area contributed by atoms with Crippen molar-refractivity contribution in [3.05, 3.63) is 101 Å². The molecule has 1 fully saturated rings. The van der Waals surface area contributed by atoms with Gasteiger partial charge in [-0.05, 0) is 67.4 Å². The fraction of sp³-hybridized carbons (Fsp3) is 0.281. The average Bonchev–Trinajstić information content (AvgIpc) is 3.64. The molecule has 5 aromatic rings. The first kappa shape index (κ1) is 30.0. The van der Waals surface area contributed by atoms with Crippen LogP contribution in [0.4, 0.5) is 24.5 Å². The number of piperazine rings is 1. The molecule has 0 spiro atoms. The molecule has 1 aliphatic rings. The van der Waals surface area contributed by atoms with E-state index in [0.717, 1.165) is 41.1 Å². The average molecular weight is 616 g/mol. The number of aryl methyl sites for hydroxylation is 2. The topological polar surface area (TPSA) is 97.0 Å². The van der Waals surface area contributed by atoms with Gasteiger partial charge in [-0.2, -0.15) is 18.3 Å². The number of benzene rings is 2. The van der Waals surface area contributed by atoms with E-state index in [1.54, 1.807) is 58.4 Å². The molecule has 1 N–H and O–H groups in total. The minimum atomic E-state index is -4.58. The number of amides is 1. The Kier molecular flexibility index (Phi) is 8.11. The minimum absolute atomic E-state index is 0.0706. The summed E-state index contributed by atoms with van der Waals surface area (Å²) in [6.07, 6.45) is 2.39. The van der Waals surface area contributed by atoms with Crippen molar-refractivity contribution in [2.75, 3.05) is 36.4 Å². The quantitative estimate of drug-likeness (QED) is 0.266. The molecule has 1 aliphatic heterocycles. The lowest BCUT2D eigenvalue weighted by Crippen LogP contribution is -2.46. The smallest absolute Gasteiger partial charge is 0.369 e. The summed E-state index contributed by atoms with van der Waals surface area (Å²) >= 11 is 0. The molecule has 0 saturated carbocycles. The number of pyridine rings is 1. The van der Waals surface area contributed by atoms with Gasteiger partial charge < -0.3 is 10.2 Å². The van der Waals surface area contributed by atoms with Crippen LogP contribution in [0.1, 0.15) is 32.7 Å². The van der Waals surface area contributed by atoms with Crippen LogP contribution in [0, 0.1) is 13.8 Å². The molecular formula is C32H32F3N9O. The van der Waals surface area contributed by atoms with Gasteiger partial charge in [0.2, 0.25) is 0 Å². The third kappa shape index (κ3) is 6.58. The molecule has 4 heterocycles. The van der Waals surface area contributed by atoms with Gasteiger partial charge in [0.05, 0.1) is 23.6 Å². The Morgan fingerprint density at radius 2 is 1.73 bits per heavy atom. The molecule has 3 aromatic heterocycles. The number of halogens is 3. The van der Waals surface area contributed by atoms with Crippen LogP contribution in [-0.2, 0) is 19.8 Å². The van der Waals surface area contributed by atoms with E-state index in [0.29, 0.717) is 43.2 Å². The summed E-state index contributed by atoms with van der Waals surface area (Å²) in [5.74, 6) is -0.535. The molecule has 0 unspecified atom stereocenters. The summed E-state index contributed by atoms with van der Waals surface area (Å²) in [6, 6.07) is 12.7. The summed E-state index contributed by atoms with van der Waals surface area (Å²) in [6.45, 7) is 7.05. The molecule has 0 atom stereocenters. The zero-order valence-corrected chi connectivity index (χ0v) is 25.1. The number of aromatic nitrogens is 6. The van der Waals surface area contributed by atoms with Crippen LogP contribution >= 0.6 is 0 Å². The van der Waals surface area contributed by atoms with E-state index in [9.17, 15) is 18.0 Å². The molecular weight excluding hydrogens is 583 g/mol. The number of hydrogen-bond donors (Lipinski definition) is 1. The van der Waals surface area contributed by atoms with E-state index >= 15 is 0 Å². The van der Waals surface area contributed by atoms with Gasteiger partial charge in [0, 0.05) is 80.4 Å². The van der Waals surface area contributed by atoms with E-state index in [-0.39, 0.29) is 11.3 Å². The molecule has 0 aliphatic carbocycles. The van der Waals surface area contributed by atoms with Crippen LogP contribution in [0.25, 0.3) is 16.9 Å². The van der Waals surface area contributed by atoms with Crippen molar-refractivity contribution >= 4 is 17.3 Å². The maximum atomic E-state index is 14.0. The van der Waals surface area contributed by atoms with Crippen LogP contribution in [0.5, 0.6) is 0 Å². The van der Waals surface area contributed by atoms with Gasteiger partial charge in [0.1, 0.15) is 5.69 Å². The SMILES string of the molecule is Cc1ccc(C(=O)Nc2cc(N3CCN(Cc4ccncc4)CC3)cc(C(F)(F)F)c2)cc1-n1cc(-c2cnn(C)c2C)nn1. The summed E-state index contributed by atoms with van der Waals surface area (Å²) in [4.78, 5) is 21.6. The molecule has 1 amide bonds. The lowest BCUT2D eigenvalue weighted by molar-refractivity contribution is -0.137. The second-order valence-electron chi connectivity index (χ2n) is 11.2. The van der Waals surface area contributed by atoms with E-state index in [4.69, 9.17) is 0 Å². The second kappa shape index (κ2) is 12.2. The number of alkyl halides is 3. The van der Waals surface area contributed by atoms with Crippen LogP contribution in [0.2, 0.25) is 0 Å². The first-order chi connectivity index (χ1) is 21.5. The van der Waals surface area contributed by atoms with Gasteiger partial charge in [-0.3, -0.25) is 19.4 Å². The number of hydrogen-bond acceptors (Lipinski definition) is 7. The third-order valence-corrected chi connectivity index (χ3v) is 8.12. The standard InChI is InChI=1S/C32H32F3N9O/c1-21-4-5-24(14-30(21)44-20-29(39-40-44)28-18-37-41(3)22(28)2)31(45)38-26-15-25(32(33,34)35)16-27(17-26)43-12-10-42(11-13-43)19-23-6-8-36-9-7-23/h4-9,14-18,20H,10-13,19H2,1-3H3,(H,38,45). The number of carbonyl (C=O) groups excluding carboxylic acids is 1. The van der Waals surface area contributed by atoms with Crippen LogP contribution < -0.4 is 10.2 Å². The predicted molar refractivity (Wildman–Crippen MR) is 164 cm³/mol. The van der Waals surface area contributed by atoms with Crippen molar-refractivity contribution in [1.29, 1.82) is 0 Å². The van der Waals surface area contributed by atoms with Gasteiger partial charge in [-0.25, -0.2) is 4.68 Å². The van der Waals surface area contributed by atoms with Crippen molar-refractivity contribution in [1.82, 2.24) is 34.7 Å². The number of anilines is 2. The van der Waals surface area contributed by atoms with Gasteiger partial charge >= 0.3 is 6.18 Å². The Hall–Kier alpha value is -5.04. The van der Waals surface area contributed by atoms with E-state index in [2.05, 4.69) is 30.6 Å². The Labute approximate surface area is 258 Å². The van der Waals surface area contributed by atoms with Crippen LogP contribution in [0.3, 0.4) is 0 Å². The highest BCUT2D eigenvalue weighted by atomic mass is 19.4. The Bertz CT molecular complexity index is 1820. The van der Waals surface area contributed by atoms with Crippen molar-refractivity contribution in [3.8, 4) is 16.9 Å². The van der Waals surface area contributed by atoms with Crippen molar-refractivity contribution in [2.24, 2.45) is 7.05 Å². The summed E-state index contributed by atoms with van der Waals surface area (Å²) in [5, 5.41) is 15.5. The van der Waals surface area contributed by atoms with Gasteiger partial charge in [-0.1, -0.05) is 11.3 Å². The highest BCUT2D eigenvalue weighted by Gasteiger charge is 2.32. The van der Waals surface area contributed by atoms with Crippen LogP contribution in [0.15, 0.2) is 73.3 Å². The molecule has 10 nitrogen and oxygen atoms in total. The molecule has 232 valence electrons. The molecule has 45 heavy (non-hydrogen) atoms. The fourth-order valence-corrected chi connectivity index (χ4v) is 5.40. The first-order valence-electron chi connectivity index (χ1n) is 14.5. The predicted octanol–water partition coefficient (Wildman–Crippen LogP) is 5.27. The van der Waals surface area contributed by atoms with Gasteiger partial charge in [0.15, 0.2) is 0 Å². The number of carbonyl (C=O) groups is 1. The Balaban J connectivity index is 1.20. The Morgan fingerprint density at radius 3 is 2.42 bits per heavy atom. The Morgan fingerprint density at radius 1 is 0.978 bits per heavy atom. The lowest BCUT2D eigenvalue weighted by atomic mass is 10.1. The van der Waals surface area contributed by atoms with Gasteiger partial charge in [0.25, 0.3) is 5.91 Å². The molecule has 6 rings (SSSR count). The summed E-state index contributed by atoms with van der Waals surface area (Å²) in [5.41, 5.74) is 4.93. The largest absolute Gasteiger partial charge is 0.416 e. The van der Waals surface area contributed by atoms with Crippen molar-refractivity contribution in [2.45, 2.75) is 26.6 Å². The highest BCUT2D eigenvalue weighted by Crippen LogP contribution is 2.35. The molecule has 1 saturated heterocycles. The summed E-state index contributed by atoms with van der Waals surface area (Å²) < 4.78 is 45.2. The lowest BCUT2D eigenvalue weighted by Gasteiger charge is -2.36. The summed E-state index contributed by atoms with van der Waals surface area (Å²) in [7, 11) is 1.84.